The summed E-state index contributed by atoms with van der Waals surface area (Å²) in [4.78, 5) is 0. The van der Waals surface area contributed by atoms with Crippen LogP contribution in [0.4, 0.5) is 0 Å². The van der Waals surface area contributed by atoms with Crippen molar-refractivity contribution in [3.63, 3.8) is 0 Å². The first-order valence-electron chi connectivity index (χ1n) is 6.80. The molecular formula is C17H20O3. The highest BCUT2D eigenvalue weighted by molar-refractivity contribution is 5.31. The van der Waals surface area contributed by atoms with Crippen molar-refractivity contribution in [3.05, 3.63) is 60.2 Å². The van der Waals surface area contributed by atoms with Crippen molar-refractivity contribution in [2.24, 2.45) is 0 Å². The van der Waals surface area contributed by atoms with Crippen molar-refractivity contribution in [2.75, 3.05) is 26.4 Å². The standard InChI is InChI=1S/C17H20O3/c1-15-7-5-6-10-17(15)20-14-12-18-11-13-19-16-8-3-2-4-9-16/h2-10H,11-14H2,1H3. The molecule has 0 saturated carbocycles. The van der Waals surface area contributed by atoms with Crippen LogP contribution in [0.25, 0.3) is 0 Å². The van der Waals surface area contributed by atoms with Gasteiger partial charge in [0.1, 0.15) is 24.7 Å². The molecule has 0 fully saturated rings. The maximum Gasteiger partial charge on any atom is 0.122 e. The fraction of sp³-hybridized carbons (Fsp3) is 0.294. The molecule has 0 aliphatic heterocycles. The Hall–Kier alpha value is -2.00. The molecule has 2 rings (SSSR count). The maximum atomic E-state index is 5.64. The molecule has 0 aromatic heterocycles. The van der Waals surface area contributed by atoms with Crippen molar-refractivity contribution in [3.8, 4) is 11.5 Å². The Kier molecular flexibility index (Phi) is 5.93. The minimum Gasteiger partial charge on any atom is -0.491 e. The summed E-state index contributed by atoms with van der Waals surface area (Å²) in [5.74, 6) is 1.78. The average molecular weight is 272 g/mol. The third-order valence-electron chi connectivity index (χ3n) is 2.82. The summed E-state index contributed by atoms with van der Waals surface area (Å²) in [6.45, 7) is 4.26. The monoisotopic (exact) mass is 272 g/mol. The van der Waals surface area contributed by atoms with E-state index in [0.29, 0.717) is 26.4 Å². The molecule has 20 heavy (non-hydrogen) atoms. The molecule has 0 unspecified atom stereocenters. The lowest BCUT2D eigenvalue weighted by molar-refractivity contribution is 0.0763. The summed E-state index contributed by atoms with van der Waals surface area (Å²) in [5, 5.41) is 0. The molecule has 0 heterocycles. The van der Waals surface area contributed by atoms with Crippen LogP contribution in [0.15, 0.2) is 54.6 Å². The Morgan fingerprint density at radius 3 is 2.10 bits per heavy atom. The van der Waals surface area contributed by atoms with Crippen LogP contribution >= 0.6 is 0 Å². The van der Waals surface area contributed by atoms with Gasteiger partial charge in [0.2, 0.25) is 0 Å². The van der Waals surface area contributed by atoms with E-state index in [2.05, 4.69) is 0 Å². The van der Waals surface area contributed by atoms with Crippen LogP contribution in [0.3, 0.4) is 0 Å². The van der Waals surface area contributed by atoms with Gasteiger partial charge in [-0.2, -0.15) is 0 Å². The molecule has 0 amide bonds. The summed E-state index contributed by atoms with van der Waals surface area (Å²) in [7, 11) is 0. The Bertz CT molecular complexity index is 497. The van der Waals surface area contributed by atoms with Gasteiger partial charge < -0.3 is 14.2 Å². The normalized spacial score (nSPS) is 10.2. The fourth-order valence-electron chi connectivity index (χ4n) is 1.77. The highest BCUT2D eigenvalue weighted by Crippen LogP contribution is 2.15. The lowest BCUT2D eigenvalue weighted by atomic mass is 10.2. The van der Waals surface area contributed by atoms with E-state index in [0.717, 1.165) is 17.1 Å². The van der Waals surface area contributed by atoms with E-state index in [-0.39, 0.29) is 0 Å². The number of rotatable bonds is 8. The van der Waals surface area contributed by atoms with Crippen molar-refractivity contribution in [1.29, 1.82) is 0 Å². The van der Waals surface area contributed by atoms with Crippen LogP contribution in [-0.4, -0.2) is 26.4 Å². The first-order valence-corrected chi connectivity index (χ1v) is 6.80. The molecule has 3 heteroatoms. The highest BCUT2D eigenvalue weighted by atomic mass is 16.5. The summed E-state index contributed by atoms with van der Waals surface area (Å²) in [5.41, 5.74) is 1.14. The van der Waals surface area contributed by atoms with E-state index >= 15 is 0 Å². The van der Waals surface area contributed by atoms with Gasteiger partial charge in [-0.1, -0.05) is 36.4 Å². The number of hydrogen-bond acceptors (Lipinski definition) is 3. The Morgan fingerprint density at radius 1 is 0.700 bits per heavy atom. The quantitative estimate of drug-likeness (QED) is 0.689. The van der Waals surface area contributed by atoms with Crippen molar-refractivity contribution in [1.82, 2.24) is 0 Å². The van der Waals surface area contributed by atoms with E-state index in [4.69, 9.17) is 14.2 Å². The van der Waals surface area contributed by atoms with Gasteiger partial charge in [0.15, 0.2) is 0 Å². The Labute approximate surface area is 120 Å². The van der Waals surface area contributed by atoms with Gasteiger partial charge in [-0.25, -0.2) is 0 Å². The Morgan fingerprint density at radius 2 is 1.35 bits per heavy atom. The van der Waals surface area contributed by atoms with Gasteiger partial charge in [-0.3, -0.25) is 0 Å². The van der Waals surface area contributed by atoms with Crippen LogP contribution in [-0.2, 0) is 4.74 Å². The minimum atomic E-state index is 0.550. The lowest BCUT2D eigenvalue weighted by Gasteiger charge is -2.09. The molecule has 106 valence electrons. The second kappa shape index (κ2) is 8.23. The van der Waals surface area contributed by atoms with E-state index < -0.39 is 0 Å². The summed E-state index contributed by atoms with van der Waals surface area (Å²) >= 11 is 0. The molecule has 0 N–H and O–H groups in total. The molecule has 0 saturated heterocycles. The van der Waals surface area contributed by atoms with Gasteiger partial charge in [0.05, 0.1) is 13.2 Å². The molecule has 0 radical (unpaired) electrons. The molecule has 3 nitrogen and oxygen atoms in total. The predicted molar refractivity (Wildman–Crippen MR) is 79.4 cm³/mol. The topological polar surface area (TPSA) is 27.7 Å². The van der Waals surface area contributed by atoms with Crippen LogP contribution in [0.5, 0.6) is 11.5 Å². The smallest absolute Gasteiger partial charge is 0.122 e. The SMILES string of the molecule is Cc1ccccc1OCCOCCOc1ccccc1. The van der Waals surface area contributed by atoms with E-state index in [1.54, 1.807) is 0 Å². The van der Waals surface area contributed by atoms with Crippen LogP contribution in [0.2, 0.25) is 0 Å². The average Bonchev–Trinajstić information content (AvgIpc) is 2.49. The first-order chi connectivity index (χ1) is 9.86. The number of hydrogen-bond donors (Lipinski definition) is 0. The second-order valence-corrected chi connectivity index (χ2v) is 4.39. The molecule has 2 aromatic rings. The van der Waals surface area contributed by atoms with Crippen molar-refractivity contribution >= 4 is 0 Å². The van der Waals surface area contributed by atoms with Gasteiger partial charge in [0.25, 0.3) is 0 Å². The molecule has 2 aromatic carbocycles. The zero-order valence-corrected chi connectivity index (χ0v) is 11.7. The van der Waals surface area contributed by atoms with Gasteiger partial charge in [-0.15, -0.1) is 0 Å². The van der Waals surface area contributed by atoms with Crippen LogP contribution < -0.4 is 9.47 Å². The van der Waals surface area contributed by atoms with Gasteiger partial charge >= 0.3 is 0 Å². The number of benzene rings is 2. The van der Waals surface area contributed by atoms with Crippen LogP contribution in [0.1, 0.15) is 5.56 Å². The molecule has 0 atom stereocenters. The van der Waals surface area contributed by atoms with E-state index in [1.807, 2.05) is 61.5 Å². The fourth-order valence-corrected chi connectivity index (χ4v) is 1.77. The summed E-state index contributed by atoms with van der Waals surface area (Å²) in [6.07, 6.45) is 0. The number of para-hydroxylation sites is 2. The highest BCUT2D eigenvalue weighted by Gasteiger charge is 1.97. The largest absolute Gasteiger partial charge is 0.491 e. The Balaban J connectivity index is 1.53. The molecule has 0 spiro atoms. The molecular weight excluding hydrogens is 252 g/mol. The van der Waals surface area contributed by atoms with Crippen molar-refractivity contribution < 1.29 is 14.2 Å². The molecule has 0 aliphatic carbocycles. The third kappa shape index (κ3) is 4.94. The van der Waals surface area contributed by atoms with E-state index in [1.165, 1.54) is 0 Å². The summed E-state index contributed by atoms with van der Waals surface area (Å²) < 4.78 is 16.6. The van der Waals surface area contributed by atoms with E-state index in [9.17, 15) is 0 Å². The molecule has 0 bridgehead atoms. The second-order valence-electron chi connectivity index (χ2n) is 4.39. The van der Waals surface area contributed by atoms with Gasteiger partial charge in [0, 0.05) is 0 Å². The maximum absolute atomic E-state index is 5.64. The number of ether oxygens (including phenoxy) is 3. The summed E-state index contributed by atoms with van der Waals surface area (Å²) in [6, 6.07) is 17.7. The van der Waals surface area contributed by atoms with Crippen molar-refractivity contribution in [2.45, 2.75) is 6.92 Å². The zero-order chi connectivity index (χ0) is 14.0. The number of aryl methyl sites for hydroxylation is 1. The lowest BCUT2D eigenvalue weighted by Crippen LogP contribution is -2.12. The third-order valence-corrected chi connectivity index (χ3v) is 2.82. The minimum absolute atomic E-state index is 0.550. The van der Waals surface area contributed by atoms with Gasteiger partial charge in [-0.05, 0) is 30.7 Å². The molecule has 0 aliphatic rings. The zero-order valence-electron chi connectivity index (χ0n) is 11.7. The van der Waals surface area contributed by atoms with Crippen LogP contribution in [0, 0.1) is 6.92 Å². The predicted octanol–water partition coefficient (Wildman–Crippen LogP) is 3.47. The first kappa shape index (κ1) is 14.4.